The van der Waals surface area contributed by atoms with Crippen LogP contribution < -0.4 is 5.32 Å². The van der Waals surface area contributed by atoms with Gasteiger partial charge in [0.05, 0.1) is 6.10 Å². The van der Waals surface area contributed by atoms with Crippen LogP contribution in [0.4, 0.5) is 0 Å². The molecule has 0 aromatic carbocycles. The molecule has 7 nitrogen and oxygen atoms in total. The maximum absolute atomic E-state index is 12.7. The average Bonchev–Trinajstić information content (AvgIpc) is 2.74. The molecule has 1 fully saturated rings. The minimum Gasteiger partial charge on any atom is -0.454 e. The van der Waals surface area contributed by atoms with Crippen LogP contribution in [0.3, 0.4) is 0 Å². The van der Waals surface area contributed by atoms with Crippen LogP contribution in [0.2, 0.25) is 0 Å². The largest absolute Gasteiger partial charge is 0.454 e. The van der Waals surface area contributed by atoms with E-state index < -0.39 is 18.2 Å². The van der Waals surface area contributed by atoms with Gasteiger partial charge in [0.25, 0.3) is 0 Å². The van der Waals surface area contributed by atoms with E-state index in [0.717, 1.165) is 18.4 Å². The number of ketones is 1. The molecule has 0 aromatic heterocycles. The number of hydrogen-bond acceptors (Lipinski definition) is 6. The van der Waals surface area contributed by atoms with Crippen LogP contribution in [-0.2, 0) is 23.9 Å². The van der Waals surface area contributed by atoms with E-state index in [0.29, 0.717) is 38.5 Å². The van der Waals surface area contributed by atoms with Crippen molar-refractivity contribution in [3.63, 3.8) is 0 Å². The number of aliphatic hydroxyl groups excluding tert-OH is 1. The number of allylic oxidation sites excluding steroid dienone is 3. The predicted molar refractivity (Wildman–Crippen MR) is 125 cm³/mol. The molecular formula is C26H37NO6. The van der Waals surface area contributed by atoms with Gasteiger partial charge in [-0.15, -0.1) is 0 Å². The third kappa shape index (κ3) is 9.08. The Labute approximate surface area is 196 Å². The first-order valence-corrected chi connectivity index (χ1v) is 11.9. The van der Waals surface area contributed by atoms with Gasteiger partial charge in [-0.3, -0.25) is 19.7 Å². The van der Waals surface area contributed by atoms with Crippen LogP contribution in [-0.4, -0.2) is 40.9 Å². The average molecular weight is 460 g/mol. The van der Waals surface area contributed by atoms with E-state index in [1.807, 2.05) is 39.0 Å². The Morgan fingerprint density at radius 1 is 1.18 bits per heavy atom. The topological polar surface area (TPSA) is 110 Å². The molecule has 2 heterocycles. The standard InChI is InChI=1S/C26H37NO6/c1-17(21(28)12-9-10-20-15-23(30)27-24(31)16-20)14-18(2)26-19(3)22(29)11-7-5-4-6-8-13-25(32)33-26/h5,7-8,13-14,17,19-20,22,26,29H,4,6,9-12,15-16H2,1-3H3,(H,27,30,31)/b7-5-,13-8-,18-14+/t17-,19-,22+,26-/m0/s1. The van der Waals surface area contributed by atoms with E-state index in [4.69, 9.17) is 4.74 Å². The SMILES string of the molecule is C/C(=C\[C@H](C)C(=O)CCCC1CC(=O)NC(=O)C1)[C@@H]1OC(=O)/C=C\CC/C=C\C[C@@H](O)[C@@H]1C. The van der Waals surface area contributed by atoms with E-state index in [1.165, 1.54) is 6.08 Å². The van der Waals surface area contributed by atoms with Crippen molar-refractivity contribution in [1.82, 2.24) is 5.32 Å². The molecule has 2 amide bonds. The molecule has 2 rings (SSSR count). The van der Waals surface area contributed by atoms with E-state index in [9.17, 15) is 24.3 Å². The van der Waals surface area contributed by atoms with Gasteiger partial charge in [0.15, 0.2) is 0 Å². The lowest BCUT2D eigenvalue weighted by Crippen LogP contribution is -2.38. The van der Waals surface area contributed by atoms with Crippen LogP contribution in [0, 0.1) is 17.8 Å². The van der Waals surface area contributed by atoms with Crippen molar-refractivity contribution in [2.45, 2.75) is 84.3 Å². The van der Waals surface area contributed by atoms with Gasteiger partial charge in [-0.2, -0.15) is 0 Å². The Kier molecular flexibility index (Phi) is 10.7. The minimum absolute atomic E-state index is 0.00768. The second-order valence-corrected chi connectivity index (χ2v) is 9.27. The molecule has 4 atom stereocenters. The number of imide groups is 1. The molecule has 7 heteroatoms. The van der Waals surface area contributed by atoms with Crippen LogP contribution >= 0.6 is 0 Å². The summed E-state index contributed by atoms with van der Waals surface area (Å²) in [5.74, 6) is -1.61. The number of amides is 2. The zero-order chi connectivity index (χ0) is 24.4. The first-order chi connectivity index (χ1) is 15.7. The number of piperidine rings is 1. The van der Waals surface area contributed by atoms with Crippen LogP contribution in [0.15, 0.2) is 36.0 Å². The fourth-order valence-electron chi connectivity index (χ4n) is 4.35. The van der Waals surface area contributed by atoms with Gasteiger partial charge in [0, 0.05) is 37.2 Å². The number of esters is 1. The molecule has 2 N–H and O–H groups in total. The van der Waals surface area contributed by atoms with Crippen molar-refractivity contribution in [3.05, 3.63) is 36.0 Å². The molecular weight excluding hydrogens is 422 g/mol. The molecule has 0 saturated carbocycles. The van der Waals surface area contributed by atoms with Crippen LogP contribution in [0.1, 0.15) is 72.1 Å². The van der Waals surface area contributed by atoms with Gasteiger partial charge >= 0.3 is 5.97 Å². The molecule has 0 aromatic rings. The molecule has 0 radical (unpaired) electrons. The van der Waals surface area contributed by atoms with E-state index in [1.54, 1.807) is 6.08 Å². The highest BCUT2D eigenvalue weighted by Crippen LogP contribution is 2.25. The van der Waals surface area contributed by atoms with Gasteiger partial charge in [-0.25, -0.2) is 4.79 Å². The smallest absolute Gasteiger partial charge is 0.331 e. The number of ether oxygens (including phenoxy) is 1. The number of aliphatic hydroxyl groups is 1. The summed E-state index contributed by atoms with van der Waals surface area (Å²) in [7, 11) is 0. The van der Waals surface area contributed by atoms with Crippen molar-refractivity contribution in [2.75, 3.05) is 0 Å². The zero-order valence-corrected chi connectivity index (χ0v) is 19.9. The summed E-state index contributed by atoms with van der Waals surface area (Å²) in [6.45, 7) is 5.48. The van der Waals surface area contributed by atoms with Gasteiger partial charge in [0.1, 0.15) is 11.9 Å². The molecule has 33 heavy (non-hydrogen) atoms. The van der Waals surface area contributed by atoms with Crippen molar-refractivity contribution in [1.29, 1.82) is 0 Å². The fourth-order valence-corrected chi connectivity index (χ4v) is 4.35. The summed E-state index contributed by atoms with van der Waals surface area (Å²) < 4.78 is 5.67. The quantitative estimate of drug-likeness (QED) is 0.342. The number of hydrogen-bond donors (Lipinski definition) is 2. The van der Waals surface area contributed by atoms with Gasteiger partial charge in [0.2, 0.25) is 11.8 Å². The highest BCUT2D eigenvalue weighted by Gasteiger charge is 2.29. The molecule has 2 aliphatic heterocycles. The normalized spacial score (nSPS) is 28.7. The summed E-state index contributed by atoms with van der Waals surface area (Å²) >= 11 is 0. The maximum atomic E-state index is 12.7. The van der Waals surface area contributed by atoms with Crippen molar-refractivity contribution in [2.24, 2.45) is 17.8 Å². The number of nitrogens with one attached hydrogen (secondary N) is 1. The van der Waals surface area contributed by atoms with Gasteiger partial charge in [-0.05, 0) is 50.5 Å². The summed E-state index contributed by atoms with van der Waals surface area (Å²) in [5.41, 5.74) is 0.736. The minimum atomic E-state index is -0.674. The second kappa shape index (κ2) is 13.2. The van der Waals surface area contributed by atoms with E-state index >= 15 is 0 Å². The third-order valence-electron chi connectivity index (χ3n) is 6.36. The molecule has 0 spiro atoms. The lowest BCUT2D eigenvalue weighted by atomic mass is 9.87. The van der Waals surface area contributed by atoms with Gasteiger partial charge in [-0.1, -0.05) is 38.2 Å². The van der Waals surface area contributed by atoms with Crippen molar-refractivity contribution < 1.29 is 29.0 Å². The number of Topliss-reactive ketones (excluding diaryl/α,β-unsaturated/α-hetero) is 1. The zero-order valence-electron chi connectivity index (χ0n) is 19.9. The van der Waals surface area contributed by atoms with Crippen molar-refractivity contribution in [3.8, 4) is 0 Å². The lowest BCUT2D eigenvalue weighted by Gasteiger charge is -2.28. The third-order valence-corrected chi connectivity index (χ3v) is 6.36. The fraction of sp³-hybridized carbons (Fsp3) is 0.615. The Hall–Kier alpha value is -2.54. The monoisotopic (exact) mass is 459 g/mol. The van der Waals surface area contributed by atoms with E-state index in [2.05, 4.69) is 5.32 Å². The summed E-state index contributed by atoms with van der Waals surface area (Å²) in [4.78, 5) is 47.9. The summed E-state index contributed by atoms with van der Waals surface area (Å²) in [5, 5.41) is 12.9. The molecule has 2 aliphatic rings. The molecule has 0 aliphatic carbocycles. The predicted octanol–water partition coefficient (Wildman–Crippen LogP) is 3.57. The number of carbonyl (C=O) groups excluding carboxylic acids is 4. The van der Waals surface area contributed by atoms with Gasteiger partial charge < -0.3 is 9.84 Å². The Morgan fingerprint density at radius 2 is 1.85 bits per heavy atom. The highest BCUT2D eigenvalue weighted by atomic mass is 16.5. The first-order valence-electron chi connectivity index (χ1n) is 11.9. The molecule has 0 bridgehead atoms. The molecule has 182 valence electrons. The Morgan fingerprint density at radius 3 is 2.55 bits per heavy atom. The Bertz CT molecular complexity index is 796. The molecule has 0 unspecified atom stereocenters. The molecule has 1 saturated heterocycles. The highest BCUT2D eigenvalue weighted by molar-refractivity contribution is 5.97. The Balaban J connectivity index is 1.98. The van der Waals surface area contributed by atoms with Crippen LogP contribution in [0.5, 0.6) is 0 Å². The van der Waals surface area contributed by atoms with E-state index in [-0.39, 0.29) is 35.4 Å². The maximum Gasteiger partial charge on any atom is 0.331 e. The summed E-state index contributed by atoms with van der Waals surface area (Å²) in [6, 6.07) is 0. The number of rotatable bonds is 7. The van der Waals surface area contributed by atoms with Crippen molar-refractivity contribution >= 4 is 23.6 Å². The first kappa shape index (κ1) is 26.7. The summed E-state index contributed by atoms with van der Waals surface area (Å²) in [6.07, 6.45) is 11.9. The van der Waals surface area contributed by atoms with Crippen LogP contribution in [0.25, 0.3) is 0 Å². The second-order valence-electron chi connectivity index (χ2n) is 9.27. The lowest BCUT2D eigenvalue weighted by molar-refractivity contribution is -0.145. The number of cyclic esters (lactones) is 1. The number of carbonyl (C=O) groups is 4.